The van der Waals surface area contributed by atoms with Crippen LogP contribution in [0, 0.1) is 28.1 Å². The predicted molar refractivity (Wildman–Crippen MR) is 280 cm³/mol. The lowest BCUT2D eigenvalue weighted by atomic mass is 10.1. The topological polar surface area (TPSA) is 379 Å². The van der Waals surface area contributed by atoms with Crippen LogP contribution in [-0.2, 0) is 47.6 Å². The van der Waals surface area contributed by atoms with Crippen LogP contribution in [0.3, 0.4) is 0 Å². The molecule has 0 radical (unpaired) electrons. The molecule has 3 rings (SSSR count). The van der Waals surface area contributed by atoms with Gasteiger partial charge < -0.3 is 71.6 Å². The number of carbonyl (C=O) groups excluding carboxylic acids is 6. The van der Waals surface area contributed by atoms with Gasteiger partial charge in [0.25, 0.3) is 17.1 Å². The summed E-state index contributed by atoms with van der Waals surface area (Å²) in [6.45, 7) is 5.38. The minimum Gasteiger partial charge on any atom is -0.475 e. The highest BCUT2D eigenvalue weighted by atomic mass is 127. The van der Waals surface area contributed by atoms with Gasteiger partial charge in [-0.15, -0.1) is 24.0 Å². The quantitative estimate of drug-likeness (QED) is 0.0171. The Hall–Kier alpha value is -6.87. The highest BCUT2D eigenvalue weighted by Crippen LogP contribution is 2.13. The molecule has 0 bridgehead atoms. The zero-order chi connectivity index (χ0) is 56.9. The van der Waals surface area contributed by atoms with Crippen molar-refractivity contribution in [3.8, 4) is 12.1 Å². The molecule has 76 heavy (non-hydrogen) atoms. The lowest BCUT2D eigenvalue weighted by molar-refractivity contribution is -0.192. The Morgan fingerprint density at radius 3 is 1.14 bits per heavy atom. The van der Waals surface area contributed by atoms with Crippen LogP contribution in [0.5, 0.6) is 0 Å². The predicted octanol–water partition coefficient (Wildman–Crippen LogP) is 1.46. The van der Waals surface area contributed by atoms with Gasteiger partial charge in [0.1, 0.15) is 5.84 Å². The largest absolute Gasteiger partial charge is 0.490 e. The molecule has 0 heterocycles. The zero-order valence-electron chi connectivity index (χ0n) is 41.8. The molecule has 420 valence electrons. The Kier molecular flexibility index (Phi) is 45.0. The highest BCUT2D eigenvalue weighted by Gasteiger charge is 2.38. The third kappa shape index (κ3) is 40.5. The van der Waals surface area contributed by atoms with Crippen molar-refractivity contribution in [1.29, 1.82) is 15.9 Å². The average Bonchev–Trinajstić information content (AvgIpc) is 3.40. The molecule has 0 unspecified atom stereocenters. The van der Waals surface area contributed by atoms with E-state index in [1.807, 2.05) is 12.1 Å². The summed E-state index contributed by atoms with van der Waals surface area (Å²) >= 11 is 5.18. The van der Waals surface area contributed by atoms with Gasteiger partial charge in [-0.3, -0.25) is 34.2 Å². The van der Waals surface area contributed by atoms with Gasteiger partial charge in [0.15, 0.2) is 0 Å². The Balaban J connectivity index is -0.000000927. The molecule has 0 spiro atoms. The number of nitrogens with one attached hydrogen (secondary N) is 6. The second-order valence-electron chi connectivity index (χ2n) is 13.9. The number of rotatable bonds is 27. The minimum absolute atomic E-state index is 0. The number of carboxylic acids is 1. The van der Waals surface area contributed by atoms with Crippen LogP contribution < -0.4 is 38.1 Å². The van der Waals surface area contributed by atoms with Gasteiger partial charge in [0.2, 0.25) is 17.7 Å². The molecule has 0 saturated heterocycles. The summed E-state index contributed by atoms with van der Waals surface area (Å²) < 4.78 is 61.6. The fraction of sp³-hybridized carbons (Fsp3) is 0.404. The second kappa shape index (κ2) is 46.6. The van der Waals surface area contributed by atoms with Crippen molar-refractivity contribution in [1.82, 2.24) is 26.6 Å². The molecule has 5 amide bonds. The summed E-state index contributed by atoms with van der Waals surface area (Å²) in [6, 6.07) is 22.5. The van der Waals surface area contributed by atoms with E-state index in [4.69, 9.17) is 77.3 Å². The number of carbonyl (C=O) groups is 7. The third-order valence-electron chi connectivity index (χ3n) is 8.22. The van der Waals surface area contributed by atoms with Crippen molar-refractivity contribution < 1.29 is 80.3 Å². The molecule has 0 aliphatic rings. The number of amides is 5. The van der Waals surface area contributed by atoms with Crippen molar-refractivity contribution in [3.05, 3.63) is 106 Å². The van der Waals surface area contributed by atoms with Crippen LogP contribution in [0.1, 0.15) is 47.8 Å². The van der Waals surface area contributed by atoms with Gasteiger partial charge in [-0.2, -0.15) is 23.7 Å². The molecule has 24 nitrogen and oxygen atoms in total. The molecule has 3 aromatic carbocycles. The first kappa shape index (κ1) is 73.4. The van der Waals surface area contributed by atoms with Crippen molar-refractivity contribution in [2.75, 3.05) is 120 Å². The number of carboxylic acid groups (broad SMARTS) is 1. The van der Waals surface area contributed by atoms with Gasteiger partial charge in [0.05, 0.1) is 102 Å². The normalized spacial score (nSPS) is 9.76. The number of nitrogens with zero attached hydrogens (tertiary/aromatic N) is 2. The number of halogens is 5. The summed E-state index contributed by atoms with van der Waals surface area (Å²) in [6.07, 6.45) is -5.08. The van der Waals surface area contributed by atoms with Crippen molar-refractivity contribution in [2.45, 2.75) is 6.18 Å². The SMILES string of the molecule is COCCOCCNC(=O)CN.COCCOCCNC(=O)CNC(=O)c1ccc(C#N)cc1.COCCOCCNC(=O)CNC(=O)c1ccc(C(=N)N)cc1.I.N#Cc1ccc(C(=O)Cl)cc1.O=C(O)C(F)(F)F. The smallest absolute Gasteiger partial charge is 0.475 e. The number of benzene rings is 3. The van der Waals surface area contributed by atoms with Crippen LogP contribution in [0.15, 0.2) is 72.8 Å². The first-order valence-corrected chi connectivity index (χ1v) is 22.3. The van der Waals surface area contributed by atoms with Crippen molar-refractivity contribution >= 4 is 82.2 Å². The molecule has 0 aliphatic heterocycles. The Morgan fingerprint density at radius 1 is 0.566 bits per heavy atom. The van der Waals surface area contributed by atoms with E-state index in [2.05, 4.69) is 26.6 Å². The molecule has 0 fully saturated rings. The summed E-state index contributed by atoms with van der Waals surface area (Å²) in [4.78, 5) is 76.7. The van der Waals surface area contributed by atoms with E-state index in [9.17, 15) is 41.9 Å². The summed E-state index contributed by atoms with van der Waals surface area (Å²) in [5.41, 5.74) is 13.1. The average molecular weight is 1210 g/mol. The molecule has 3 aromatic rings. The molecule has 0 aromatic heterocycles. The monoisotopic (exact) mass is 1210 g/mol. The number of nitriles is 2. The fourth-order valence-electron chi connectivity index (χ4n) is 4.42. The highest BCUT2D eigenvalue weighted by molar-refractivity contribution is 14.0. The van der Waals surface area contributed by atoms with Gasteiger partial charge in [-0.05, 0) is 72.3 Å². The number of aliphatic carboxylic acids is 1. The minimum atomic E-state index is -5.08. The maximum atomic E-state index is 11.9. The molecule has 0 atom stereocenters. The number of hydrogen-bond donors (Lipinski definition) is 9. The van der Waals surface area contributed by atoms with E-state index in [0.29, 0.717) is 112 Å². The molecular weight excluding hydrogens is 1150 g/mol. The van der Waals surface area contributed by atoms with E-state index < -0.39 is 17.4 Å². The lowest BCUT2D eigenvalue weighted by Crippen LogP contribution is -2.38. The van der Waals surface area contributed by atoms with Crippen LogP contribution in [0.25, 0.3) is 0 Å². The molecule has 11 N–H and O–H groups in total. The van der Waals surface area contributed by atoms with Gasteiger partial charge in [-0.1, -0.05) is 12.1 Å². The van der Waals surface area contributed by atoms with E-state index in [1.54, 1.807) is 69.9 Å². The molecule has 0 saturated carbocycles. The van der Waals surface area contributed by atoms with E-state index in [1.165, 1.54) is 24.3 Å². The molecule has 0 aliphatic carbocycles. The van der Waals surface area contributed by atoms with E-state index >= 15 is 0 Å². The first-order valence-electron chi connectivity index (χ1n) is 21.9. The standard InChI is InChI=1S/C15H22N4O4.C15H19N3O4.C8H4ClNO.C7H16N2O3.C2HF3O2.HI/c1-22-8-9-23-7-6-18-13(20)10-19-15(21)12-4-2-11(3-5-12)14(16)17;1-21-8-9-22-7-6-17-14(19)11-18-15(20)13-4-2-12(10-16)3-5-13;9-8(11)7-3-1-6(5-10)2-4-7;1-11-4-5-12-3-2-9-7(10)6-8;3-2(4,5)1(6)7;/h2-5H,6-10H2,1H3,(H3,16,17)(H,18,20)(H,19,21);2-5H,6-9,11H2,1H3,(H,17,19)(H,18,20);1-4H;2-6,8H2,1H3,(H,9,10);(H,6,7);1H. The third-order valence-corrected chi connectivity index (χ3v) is 8.44. The Bertz CT molecular complexity index is 2260. The van der Waals surface area contributed by atoms with E-state index in [0.717, 1.165) is 0 Å². The summed E-state index contributed by atoms with van der Waals surface area (Å²) in [7, 11) is 4.78. The molecule has 29 heteroatoms. The van der Waals surface area contributed by atoms with E-state index in [-0.39, 0.29) is 79.0 Å². The maximum absolute atomic E-state index is 11.9. The summed E-state index contributed by atoms with van der Waals surface area (Å²) in [5, 5.41) is 43.8. The zero-order valence-corrected chi connectivity index (χ0v) is 44.8. The number of alkyl halides is 3. The van der Waals surface area contributed by atoms with Crippen molar-refractivity contribution in [2.24, 2.45) is 11.5 Å². The lowest BCUT2D eigenvalue weighted by Gasteiger charge is -2.08. The van der Waals surface area contributed by atoms with Crippen LogP contribution in [-0.4, -0.2) is 178 Å². The summed E-state index contributed by atoms with van der Waals surface area (Å²) in [5.74, 6) is -4.31. The van der Waals surface area contributed by atoms with Gasteiger partial charge >= 0.3 is 12.1 Å². The van der Waals surface area contributed by atoms with Gasteiger partial charge in [0, 0.05) is 63.2 Å². The first-order chi connectivity index (χ1) is 35.7. The number of amidine groups is 1. The van der Waals surface area contributed by atoms with Crippen LogP contribution in [0.2, 0.25) is 0 Å². The number of methoxy groups -OCH3 is 3. The van der Waals surface area contributed by atoms with Gasteiger partial charge in [-0.25, -0.2) is 4.79 Å². The Labute approximate surface area is 459 Å². The maximum Gasteiger partial charge on any atom is 0.490 e. The van der Waals surface area contributed by atoms with Crippen molar-refractivity contribution in [3.63, 3.8) is 0 Å². The second-order valence-corrected chi connectivity index (χ2v) is 14.2. The number of ether oxygens (including phenoxy) is 6. The fourth-order valence-corrected chi connectivity index (χ4v) is 4.54. The van der Waals surface area contributed by atoms with Crippen LogP contribution in [0.4, 0.5) is 13.2 Å². The number of nitrogens with two attached hydrogens (primary N) is 2. The Morgan fingerprint density at radius 2 is 0.868 bits per heavy atom. The molecular formula is C47H63ClF3IN10O14. The number of hydrogen-bond acceptors (Lipinski definition) is 17. The number of nitrogen functional groups attached to an aromatic ring is 1. The van der Waals surface area contributed by atoms with Crippen LogP contribution >= 0.6 is 35.6 Å².